The number of hydrogen-bond donors (Lipinski definition) is 0. The molecular weight excluding hydrogens is 360 g/mol. The predicted molar refractivity (Wildman–Crippen MR) is 107 cm³/mol. The van der Waals surface area contributed by atoms with Gasteiger partial charge in [0, 0.05) is 11.3 Å². The third-order valence-electron chi connectivity index (χ3n) is 4.35. The number of carbonyl (C=O) groups is 1. The van der Waals surface area contributed by atoms with Crippen molar-refractivity contribution in [2.75, 3.05) is 0 Å². The molecule has 6 heteroatoms. The molecule has 5 nitrogen and oxygen atoms in total. The maximum atomic E-state index is 12.9. The van der Waals surface area contributed by atoms with Crippen LogP contribution in [0.1, 0.15) is 49.6 Å². The van der Waals surface area contributed by atoms with E-state index in [-0.39, 0.29) is 12.1 Å². The van der Waals surface area contributed by atoms with Crippen molar-refractivity contribution in [3.63, 3.8) is 0 Å². The Morgan fingerprint density at radius 1 is 1.22 bits per heavy atom. The van der Waals surface area contributed by atoms with Gasteiger partial charge in [-0.25, -0.2) is 4.98 Å². The number of thioether (sulfide) groups is 1. The maximum absolute atomic E-state index is 12.9. The van der Waals surface area contributed by atoms with Gasteiger partial charge in [-0.1, -0.05) is 41.6 Å². The average molecular weight is 387 g/mol. The van der Waals surface area contributed by atoms with Crippen LogP contribution in [0.3, 0.4) is 0 Å². The van der Waals surface area contributed by atoms with Crippen molar-refractivity contribution in [2.45, 2.75) is 70.0 Å². The summed E-state index contributed by atoms with van der Waals surface area (Å²) in [7, 11) is 0. The molecule has 0 aliphatic heterocycles. The van der Waals surface area contributed by atoms with E-state index in [1.165, 1.54) is 21.9 Å². The molecule has 0 atom stereocenters. The first-order valence-corrected chi connectivity index (χ1v) is 10.2. The third-order valence-corrected chi connectivity index (χ3v) is 5.40. The fourth-order valence-corrected chi connectivity index (χ4v) is 4.06. The zero-order valence-corrected chi connectivity index (χ0v) is 17.2. The SMILES string of the molecule is Cc1ccc(CSc2nc3c(c(=O)n2CC(=O)OC(C)(C)C)CCC3)cc1. The van der Waals surface area contributed by atoms with Crippen LogP contribution in [0.4, 0.5) is 0 Å². The minimum atomic E-state index is -0.583. The average Bonchev–Trinajstić information content (AvgIpc) is 3.04. The summed E-state index contributed by atoms with van der Waals surface area (Å²) >= 11 is 1.49. The Kier molecular flexibility index (Phi) is 5.75. The molecule has 144 valence electrons. The van der Waals surface area contributed by atoms with E-state index in [1.807, 2.05) is 20.8 Å². The number of hydrogen-bond acceptors (Lipinski definition) is 5. The highest BCUT2D eigenvalue weighted by Gasteiger charge is 2.24. The van der Waals surface area contributed by atoms with E-state index in [9.17, 15) is 9.59 Å². The second-order valence-corrected chi connectivity index (χ2v) is 8.87. The Hall–Kier alpha value is -2.08. The number of fused-ring (bicyclic) bond motifs is 1. The summed E-state index contributed by atoms with van der Waals surface area (Å²) in [6.45, 7) is 7.41. The van der Waals surface area contributed by atoms with Gasteiger partial charge in [0.25, 0.3) is 5.56 Å². The number of carbonyl (C=O) groups excluding carboxylic acids is 1. The Morgan fingerprint density at radius 2 is 1.93 bits per heavy atom. The third kappa shape index (κ3) is 5.01. The summed E-state index contributed by atoms with van der Waals surface area (Å²) < 4.78 is 6.89. The highest BCUT2D eigenvalue weighted by Crippen LogP contribution is 2.25. The molecular formula is C21H26N2O3S. The fraction of sp³-hybridized carbons (Fsp3) is 0.476. The van der Waals surface area contributed by atoms with Gasteiger partial charge >= 0.3 is 5.97 Å². The molecule has 0 radical (unpaired) electrons. The molecule has 0 bridgehead atoms. The van der Waals surface area contributed by atoms with E-state index >= 15 is 0 Å². The van der Waals surface area contributed by atoms with Crippen molar-refractivity contribution in [2.24, 2.45) is 0 Å². The number of esters is 1. The van der Waals surface area contributed by atoms with Crippen LogP contribution in [0.5, 0.6) is 0 Å². The van der Waals surface area contributed by atoms with Crippen LogP contribution in [-0.2, 0) is 34.7 Å². The number of ether oxygens (including phenoxy) is 1. The summed E-state index contributed by atoms with van der Waals surface area (Å²) in [4.78, 5) is 30.0. The number of rotatable bonds is 5. The standard InChI is InChI=1S/C21H26N2O3S/c1-14-8-10-15(11-9-14)13-27-20-22-17-7-5-6-16(17)19(25)23(20)12-18(24)26-21(2,3)4/h8-11H,5-7,12-13H2,1-4H3. The first-order valence-electron chi connectivity index (χ1n) is 9.26. The topological polar surface area (TPSA) is 61.2 Å². The molecule has 1 aliphatic rings. The maximum Gasteiger partial charge on any atom is 0.326 e. The molecule has 2 aromatic rings. The van der Waals surface area contributed by atoms with Crippen LogP contribution >= 0.6 is 11.8 Å². The largest absolute Gasteiger partial charge is 0.459 e. The van der Waals surface area contributed by atoms with Crippen molar-refractivity contribution in [3.05, 3.63) is 57.0 Å². The first kappa shape index (κ1) is 19.7. The van der Waals surface area contributed by atoms with E-state index in [4.69, 9.17) is 9.72 Å². The van der Waals surface area contributed by atoms with Crippen LogP contribution < -0.4 is 5.56 Å². The molecule has 1 aromatic carbocycles. The molecule has 27 heavy (non-hydrogen) atoms. The van der Waals surface area contributed by atoms with Gasteiger partial charge in [0.15, 0.2) is 5.16 Å². The van der Waals surface area contributed by atoms with Crippen molar-refractivity contribution in [3.8, 4) is 0 Å². The van der Waals surface area contributed by atoms with E-state index in [0.29, 0.717) is 10.9 Å². The van der Waals surface area contributed by atoms with Gasteiger partial charge in [0.2, 0.25) is 0 Å². The van der Waals surface area contributed by atoms with Gasteiger partial charge < -0.3 is 4.74 Å². The zero-order valence-electron chi connectivity index (χ0n) is 16.4. The van der Waals surface area contributed by atoms with Crippen molar-refractivity contribution < 1.29 is 9.53 Å². The highest BCUT2D eigenvalue weighted by molar-refractivity contribution is 7.98. The lowest BCUT2D eigenvalue weighted by Crippen LogP contribution is -2.33. The van der Waals surface area contributed by atoms with E-state index < -0.39 is 11.6 Å². The number of nitrogens with zero attached hydrogens (tertiary/aromatic N) is 2. The minimum absolute atomic E-state index is 0.102. The normalized spacial score (nSPS) is 13.5. The van der Waals surface area contributed by atoms with Gasteiger partial charge in [0.05, 0.1) is 5.69 Å². The number of benzene rings is 1. The minimum Gasteiger partial charge on any atom is -0.459 e. The molecule has 1 aliphatic carbocycles. The smallest absolute Gasteiger partial charge is 0.326 e. The van der Waals surface area contributed by atoms with Crippen LogP contribution in [0.15, 0.2) is 34.2 Å². The summed E-state index contributed by atoms with van der Waals surface area (Å²) in [5.41, 5.74) is 3.31. The second-order valence-electron chi connectivity index (χ2n) is 7.93. The van der Waals surface area contributed by atoms with Crippen molar-refractivity contribution in [1.82, 2.24) is 9.55 Å². The Balaban J connectivity index is 1.87. The molecule has 1 aromatic heterocycles. The van der Waals surface area contributed by atoms with E-state index in [2.05, 4.69) is 31.2 Å². The monoisotopic (exact) mass is 386 g/mol. The van der Waals surface area contributed by atoms with Gasteiger partial charge in [-0.15, -0.1) is 0 Å². The van der Waals surface area contributed by atoms with Crippen LogP contribution in [-0.4, -0.2) is 21.1 Å². The second kappa shape index (κ2) is 7.89. The molecule has 0 saturated carbocycles. The van der Waals surface area contributed by atoms with Gasteiger partial charge in [-0.2, -0.15) is 0 Å². The molecule has 1 heterocycles. The predicted octanol–water partition coefficient (Wildman–Crippen LogP) is 3.67. The molecule has 0 N–H and O–H groups in total. The Morgan fingerprint density at radius 3 is 2.59 bits per heavy atom. The van der Waals surface area contributed by atoms with Crippen LogP contribution in [0, 0.1) is 6.92 Å². The lowest BCUT2D eigenvalue weighted by molar-refractivity contribution is -0.155. The Labute approximate surface area is 164 Å². The molecule has 3 rings (SSSR count). The molecule has 0 fully saturated rings. The van der Waals surface area contributed by atoms with Crippen molar-refractivity contribution >= 4 is 17.7 Å². The first-order chi connectivity index (χ1) is 12.7. The van der Waals surface area contributed by atoms with E-state index in [0.717, 1.165) is 36.1 Å². The molecule has 0 saturated heterocycles. The molecule has 0 unspecified atom stereocenters. The number of aryl methyl sites for hydroxylation is 2. The van der Waals surface area contributed by atoms with Gasteiger partial charge in [0.1, 0.15) is 12.1 Å². The van der Waals surface area contributed by atoms with Crippen LogP contribution in [0.2, 0.25) is 0 Å². The quantitative estimate of drug-likeness (QED) is 0.446. The number of aromatic nitrogens is 2. The lowest BCUT2D eigenvalue weighted by Gasteiger charge is -2.20. The summed E-state index contributed by atoms with van der Waals surface area (Å²) in [6, 6.07) is 8.29. The summed E-state index contributed by atoms with van der Waals surface area (Å²) in [5.74, 6) is 0.279. The summed E-state index contributed by atoms with van der Waals surface area (Å²) in [5, 5.41) is 0.590. The lowest BCUT2D eigenvalue weighted by atomic mass is 10.2. The van der Waals surface area contributed by atoms with Crippen LogP contribution in [0.25, 0.3) is 0 Å². The zero-order chi connectivity index (χ0) is 19.6. The molecule has 0 amide bonds. The summed E-state index contributed by atoms with van der Waals surface area (Å²) in [6.07, 6.45) is 2.50. The molecule has 0 spiro atoms. The fourth-order valence-electron chi connectivity index (χ4n) is 3.09. The van der Waals surface area contributed by atoms with E-state index in [1.54, 1.807) is 0 Å². The highest BCUT2D eigenvalue weighted by atomic mass is 32.2. The van der Waals surface area contributed by atoms with Gasteiger partial charge in [-0.05, 0) is 52.5 Å². The van der Waals surface area contributed by atoms with Gasteiger partial charge in [-0.3, -0.25) is 14.2 Å². The van der Waals surface area contributed by atoms with Crippen molar-refractivity contribution in [1.29, 1.82) is 0 Å². The Bertz CT molecular complexity index is 895.